The smallest absolute Gasteiger partial charge is 0.205 e. The van der Waals surface area contributed by atoms with E-state index in [0.717, 1.165) is 34.2 Å². The van der Waals surface area contributed by atoms with Crippen molar-refractivity contribution in [3.05, 3.63) is 114 Å². The van der Waals surface area contributed by atoms with Gasteiger partial charge in [-0.3, -0.25) is 9.59 Å². The van der Waals surface area contributed by atoms with Gasteiger partial charge in [0.05, 0.1) is 37.2 Å². The first-order valence-electron chi connectivity index (χ1n) is 12.6. The molecule has 0 spiro atoms. The number of nitrogens with one attached hydrogen (secondary N) is 1. The van der Waals surface area contributed by atoms with Crippen molar-refractivity contribution in [2.75, 3.05) is 19.5 Å². The summed E-state index contributed by atoms with van der Waals surface area (Å²) in [6, 6.07) is 27.2. The number of aldehydes is 1. The fraction of sp³-hybridized carbons (Fsp3) is 0.125. The maximum absolute atomic E-state index is 14.0. The van der Waals surface area contributed by atoms with Gasteiger partial charge in [0, 0.05) is 22.9 Å². The zero-order chi connectivity index (χ0) is 26.9. The quantitative estimate of drug-likeness (QED) is 0.203. The zero-order valence-electron chi connectivity index (χ0n) is 21.5. The molecule has 1 N–H and O–H groups in total. The number of ether oxygens (including phenoxy) is 3. The van der Waals surface area contributed by atoms with Crippen LogP contribution in [0, 0.1) is 0 Å². The predicted octanol–water partition coefficient (Wildman–Crippen LogP) is 6.23. The normalized spacial score (nSPS) is 16.1. The van der Waals surface area contributed by atoms with Gasteiger partial charge in [0.25, 0.3) is 0 Å². The number of pyridine rings is 1. The maximum Gasteiger partial charge on any atom is 0.205 e. The maximum atomic E-state index is 14.0. The van der Waals surface area contributed by atoms with Crippen LogP contribution in [0.15, 0.2) is 97.2 Å². The molecule has 7 heteroatoms. The number of hydrogen-bond donors (Lipinski definition) is 1. The average Bonchev–Trinajstić information content (AvgIpc) is 3.34. The summed E-state index contributed by atoms with van der Waals surface area (Å²) < 4.78 is 18.9. The van der Waals surface area contributed by atoms with Crippen molar-refractivity contribution in [2.45, 2.75) is 12.1 Å². The molecule has 2 atom stereocenters. The monoisotopic (exact) mass is 518 g/mol. The van der Waals surface area contributed by atoms with Crippen molar-refractivity contribution in [2.24, 2.45) is 0 Å². The number of para-hydroxylation sites is 2. The minimum absolute atomic E-state index is 0.187. The van der Waals surface area contributed by atoms with E-state index in [2.05, 4.69) is 5.32 Å². The van der Waals surface area contributed by atoms with Crippen molar-refractivity contribution in [1.82, 2.24) is 4.40 Å². The first-order valence-corrected chi connectivity index (χ1v) is 12.6. The van der Waals surface area contributed by atoms with Crippen molar-refractivity contribution < 1.29 is 23.8 Å². The molecule has 0 amide bonds. The lowest BCUT2D eigenvalue weighted by Crippen LogP contribution is -2.41. The molecule has 194 valence electrons. The Kier molecular flexibility index (Phi) is 6.25. The fourth-order valence-corrected chi connectivity index (χ4v) is 5.24. The van der Waals surface area contributed by atoms with Crippen LogP contribution in [0.5, 0.6) is 17.2 Å². The van der Waals surface area contributed by atoms with Gasteiger partial charge in [0.2, 0.25) is 5.78 Å². The van der Waals surface area contributed by atoms with Gasteiger partial charge in [-0.15, -0.1) is 0 Å². The van der Waals surface area contributed by atoms with Crippen LogP contribution in [0.4, 0.5) is 5.69 Å². The van der Waals surface area contributed by atoms with Crippen LogP contribution in [0.3, 0.4) is 0 Å². The van der Waals surface area contributed by atoms with Gasteiger partial charge in [-0.1, -0.05) is 30.3 Å². The van der Waals surface area contributed by atoms with E-state index in [4.69, 9.17) is 14.2 Å². The molecule has 0 aliphatic carbocycles. The molecule has 5 aromatic rings. The molecule has 0 saturated heterocycles. The Bertz CT molecular complexity index is 1670. The molecule has 39 heavy (non-hydrogen) atoms. The average molecular weight is 519 g/mol. The number of ketones is 1. The lowest BCUT2D eigenvalue weighted by atomic mass is 9.88. The number of hydrogen-bond acceptors (Lipinski definition) is 6. The van der Waals surface area contributed by atoms with Gasteiger partial charge < -0.3 is 23.9 Å². The molecule has 0 fully saturated rings. The summed E-state index contributed by atoms with van der Waals surface area (Å²) >= 11 is 0. The summed E-state index contributed by atoms with van der Waals surface area (Å²) in [4.78, 5) is 26.6. The number of benzene rings is 3. The standard InChI is InChI=1S/C32H26N2O5/c1-37-22-14-10-20(11-15-22)28-26(19-35)34-18-6-5-8-25(34)29(28)30-32(39-27-9-4-3-7-24(27)33-30)31(36)21-12-16-23(38-2)17-13-21/h3-19,30,32-33H,1-2H3/t30-,32+/m0/s1. The second-order valence-corrected chi connectivity index (χ2v) is 9.23. The number of anilines is 1. The van der Waals surface area contributed by atoms with Gasteiger partial charge in [-0.25, -0.2) is 0 Å². The molecular weight excluding hydrogens is 492 g/mol. The molecule has 3 aromatic carbocycles. The molecule has 3 heterocycles. The second kappa shape index (κ2) is 10.0. The SMILES string of the molecule is COc1ccc(C(=O)[C@@H]2Oc3ccccc3N[C@H]2c2c(-c3ccc(OC)cc3)c(C=O)n3ccccc23)cc1. The highest BCUT2D eigenvalue weighted by Crippen LogP contribution is 2.44. The minimum Gasteiger partial charge on any atom is -0.497 e. The number of rotatable bonds is 7. The van der Waals surface area contributed by atoms with E-state index in [1.807, 2.05) is 77.3 Å². The Morgan fingerprint density at radius 1 is 0.872 bits per heavy atom. The summed E-state index contributed by atoms with van der Waals surface area (Å²) in [5.41, 5.74) is 4.91. The molecule has 6 rings (SSSR count). The molecule has 0 unspecified atom stereocenters. The fourth-order valence-electron chi connectivity index (χ4n) is 5.24. The third-order valence-corrected chi connectivity index (χ3v) is 7.11. The molecule has 0 bridgehead atoms. The number of fused-ring (bicyclic) bond motifs is 2. The van der Waals surface area contributed by atoms with Gasteiger partial charge in [0.1, 0.15) is 17.2 Å². The van der Waals surface area contributed by atoms with Crippen molar-refractivity contribution in [3.8, 4) is 28.4 Å². The Balaban J connectivity index is 1.58. The third kappa shape index (κ3) is 4.18. The van der Waals surface area contributed by atoms with E-state index in [1.165, 1.54) is 0 Å². The summed E-state index contributed by atoms with van der Waals surface area (Å²) in [6.45, 7) is 0. The molecule has 0 saturated carbocycles. The van der Waals surface area contributed by atoms with Crippen LogP contribution in [0.1, 0.15) is 32.5 Å². The second-order valence-electron chi connectivity index (χ2n) is 9.23. The van der Waals surface area contributed by atoms with Crippen molar-refractivity contribution in [1.29, 1.82) is 0 Å². The van der Waals surface area contributed by atoms with Gasteiger partial charge in [-0.05, 0) is 66.2 Å². The summed E-state index contributed by atoms with van der Waals surface area (Å²) in [7, 11) is 3.20. The van der Waals surface area contributed by atoms with Crippen LogP contribution < -0.4 is 19.5 Å². The topological polar surface area (TPSA) is 78.3 Å². The number of methoxy groups -OCH3 is 2. The van der Waals surface area contributed by atoms with E-state index < -0.39 is 12.1 Å². The number of carbonyl (C=O) groups is 2. The molecule has 7 nitrogen and oxygen atoms in total. The number of nitrogens with zero attached hydrogens (tertiary/aromatic N) is 1. The highest BCUT2D eigenvalue weighted by Gasteiger charge is 2.40. The molecule has 2 aromatic heterocycles. The van der Waals surface area contributed by atoms with Crippen LogP contribution in [-0.2, 0) is 0 Å². The lowest BCUT2D eigenvalue weighted by molar-refractivity contribution is 0.0746. The zero-order valence-corrected chi connectivity index (χ0v) is 21.5. The Morgan fingerprint density at radius 2 is 1.54 bits per heavy atom. The van der Waals surface area contributed by atoms with Crippen LogP contribution in [-0.4, -0.2) is 36.8 Å². The molecule has 1 aliphatic rings. The van der Waals surface area contributed by atoms with E-state index in [0.29, 0.717) is 28.5 Å². The Hall–Kier alpha value is -5.04. The van der Waals surface area contributed by atoms with E-state index in [-0.39, 0.29) is 5.78 Å². The van der Waals surface area contributed by atoms with Crippen LogP contribution in [0.25, 0.3) is 16.6 Å². The number of carbonyl (C=O) groups excluding carboxylic acids is 2. The van der Waals surface area contributed by atoms with E-state index in [1.54, 1.807) is 38.5 Å². The molecule has 0 radical (unpaired) electrons. The summed E-state index contributed by atoms with van der Waals surface area (Å²) in [6.07, 6.45) is 1.80. The van der Waals surface area contributed by atoms with Gasteiger partial charge >= 0.3 is 0 Å². The first-order chi connectivity index (χ1) is 19.1. The lowest BCUT2D eigenvalue weighted by Gasteiger charge is -2.35. The molecule has 1 aliphatic heterocycles. The summed E-state index contributed by atoms with van der Waals surface area (Å²) in [5, 5.41) is 3.57. The summed E-state index contributed by atoms with van der Waals surface area (Å²) in [5.74, 6) is 1.77. The Morgan fingerprint density at radius 3 is 2.23 bits per heavy atom. The Labute approximate surface area is 225 Å². The van der Waals surface area contributed by atoms with E-state index in [9.17, 15) is 9.59 Å². The first kappa shape index (κ1) is 24.3. The predicted molar refractivity (Wildman–Crippen MR) is 149 cm³/mol. The van der Waals surface area contributed by atoms with Gasteiger partial charge in [0.15, 0.2) is 12.4 Å². The van der Waals surface area contributed by atoms with Gasteiger partial charge in [-0.2, -0.15) is 0 Å². The van der Waals surface area contributed by atoms with Crippen molar-refractivity contribution in [3.63, 3.8) is 0 Å². The number of Topliss-reactive ketones (excluding diaryl/α,β-unsaturated/α-hetero) is 1. The highest BCUT2D eigenvalue weighted by molar-refractivity contribution is 6.02. The minimum atomic E-state index is -0.906. The van der Waals surface area contributed by atoms with Crippen LogP contribution >= 0.6 is 0 Å². The third-order valence-electron chi connectivity index (χ3n) is 7.11. The van der Waals surface area contributed by atoms with E-state index >= 15 is 0 Å². The highest BCUT2D eigenvalue weighted by atomic mass is 16.5. The van der Waals surface area contributed by atoms with Crippen LogP contribution in [0.2, 0.25) is 0 Å². The number of aromatic nitrogens is 1. The molecular formula is C32H26N2O5. The van der Waals surface area contributed by atoms with Crippen molar-refractivity contribution >= 4 is 23.3 Å². The largest absolute Gasteiger partial charge is 0.497 e.